The standard InChI is InChI=1S/C11H15NO/c1-7-10-8(6-12-7)4-11(2,3)5-9(10)13/h4-6H2,1-3H3. The second kappa shape index (κ2) is 2.53. The quantitative estimate of drug-likeness (QED) is 0.557. The topological polar surface area (TPSA) is 29.4 Å². The first kappa shape index (κ1) is 8.67. The van der Waals surface area contributed by atoms with E-state index in [1.165, 1.54) is 5.57 Å². The lowest BCUT2D eigenvalue weighted by Gasteiger charge is -2.29. The number of Topliss-reactive ketones (excluding diaryl/α,β-unsaturated/α-hetero) is 1. The third-order valence-electron chi connectivity index (χ3n) is 2.83. The zero-order valence-corrected chi connectivity index (χ0v) is 8.48. The fourth-order valence-corrected chi connectivity index (χ4v) is 2.33. The van der Waals surface area contributed by atoms with Gasteiger partial charge in [-0.25, -0.2) is 0 Å². The highest BCUT2D eigenvalue weighted by Gasteiger charge is 2.35. The van der Waals surface area contributed by atoms with Crippen LogP contribution in [0.5, 0.6) is 0 Å². The van der Waals surface area contributed by atoms with Gasteiger partial charge in [-0.15, -0.1) is 0 Å². The van der Waals surface area contributed by atoms with Crippen molar-refractivity contribution in [1.82, 2.24) is 0 Å². The average Bonchev–Trinajstić information content (AvgIpc) is 2.28. The van der Waals surface area contributed by atoms with Crippen LogP contribution in [-0.4, -0.2) is 18.0 Å². The molecule has 0 amide bonds. The molecule has 2 aliphatic rings. The molecule has 0 bridgehead atoms. The number of hydrogen-bond donors (Lipinski definition) is 0. The van der Waals surface area contributed by atoms with Crippen LogP contribution in [0.15, 0.2) is 16.1 Å². The molecule has 0 radical (unpaired) electrons. The highest BCUT2D eigenvalue weighted by Crippen LogP contribution is 2.39. The Morgan fingerprint density at radius 1 is 1.31 bits per heavy atom. The molecule has 0 fully saturated rings. The third-order valence-corrected chi connectivity index (χ3v) is 2.83. The van der Waals surface area contributed by atoms with Crippen molar-refractivity contribution in [2.45, 2.75) is 33.6 Å². The van der Waals surface area contributed by atoms with Gasteiger partial charge < -0.3 is 0 Å². The molecule has 0 N–H and O–H groups in total. The smallest absolute Gasteiger partial charge is 0.165 e. The highest BCUT2D eigenvalue weighted by molar-refractivity contribution is 6.23. The van der Waals surface area contributed by atoms with Crippen molar-refractivity contribution in [1.29, 1.82) is 0 Å². The van der Waals surface area contributed by atoms with E-state index < -0.39 is 0 Å². The van der Waals surface area contributed by atoms with Crippen LogP contribution < -0.4 is 0 Å². The van der Waals surface area contributed by atoms with Gasteiger partial charge in [-0.2, -0.15) is 0 Å². The highest BCUT2D eigenvalue weighted by atomic mass is 16.1. The number of ketones is 1. The van der Waals surface area contributed by atoms with Crippen LogP contribution in [0.4, 0.5) is 0 Å². The Balaban J connectivity index is 2.39. The molecule has 0 aromatic carbocycles. The fraction of sp³-hybridized carbons (Fsp3) is 0.636. The normalized spacial score (nSPS) is 26.1. The van der Waals surface area contributed by atoms with Crippen LogP contribution in [0.3, 0.4) is 0 Å². The Hall–Kier alpha value is -0.920. The van der Waals surface area contributed by atoms with Crippen molar-refractivity contribution in [2.24, 2.45) is 10.4 Å². The summed E-state index contributed by atoms with van der Waals surface area (Å²) in [6.07, 6.45) is 1.72. The summed E-state index contributed by atoms with van der Waals surface area (Å²) in [7, 11) is 0. The monoisotopic (exact) mass is 177 g/mol. The van der Waals surface area contributed by atoms with Crippen LogP contribution in [0.25, 0.3) is 0 Å². The predicted molar refractivity (Wildman–Crippen MR) is 53.0 cm³/mol. The molecule has 1 heterocycles. The molecule has 1 aliphatic heterocycles. The van der Waals surface area contributed by atoms with Gasteiger partial charge in [0.15, 0.2) is 5.78 Å². The molecule has 0 saturated carbocycles. The van der Waals surface area contributed by atoms with Gasteiger partial charge in [0.1, 0.15) is 0 Å². The molecule has 0 unspecified atom stereocenters. The van der Waals surface area contributed by atoms with Crippen LogP contribution in [0.1, 0.15) is 33.6 Å². The minimum atomic E-state index is 0.149. The number of allylic oxidation sites excluding steroid dienone is 1. The van der Waals surface area contributed by atoms with E-state index in [2.05, 4.69) is 18.8 Å². The minimum absolute atomic E-state index is 0.149. The molecule has 0 aromatic rings. The molecular weight excluding hydrogens is 162 g/mol. The largest absolute Gasteiger partial charge is 0.294 e. The van der Waals surface area contributed by atoms with Gasteiger partial charge in [0.2, 0.25) is 0 Å². The second-order valence-corrected chi connectivity index (χ2v) is 4.82. The Labute approximate surface area is 78.7 Å². The van der Waals surface area contributed by atoms with Gasteiger partial charge in [0.25, 0.3) is 0 Å². The zero-order valence-electron chi connectivity index (χ0n) is 8.48. The summed E-state index contributed by atoms with van der Waals surface area (Å²) in [6.45, 7) is 7.01. The molecule has 2 rings (SSSR count). The molecule has 0 saturated heterocycles. The first-order chi connectivity index (χ1) is 5.99. The second-order valence-electron chi connectivity index (χ2n) is 4.82. The minimum Gasteiger partial charge on any atom is -0.294 e. The van der Waals surface area contributed by atoms with E-state index in [4.69, 9.17) is 0 Å². The molecule has 1 aliphatic carbocycles. The summed E-state index contributed by atoms with van der Waals surface area (Å²) in [6, 6.07) is 0. The lowest BCUT2D eigenvalue weighted by atomic mass is 9.73. The van der Waals surface area contributed by atoms with E-state index in [1.807, 2.05) is 6.92 Å². The summed E-state index contributed by atoms with van der Waals surface area (Å²) in [4.78, 5) is 16.1. The van der Waals surface area contributed by atoms with Crippen molar-refractivity contribution < 1.29 is 4.79 Å². The van der Waals surface area contributed by atoms with Gasteiger partial charge in [-0.1, -0.05) is 13.8 Å². The lowest BCUT2D eigenvalue weighted by Crippen LogP contribution is -2.26. The Morgan fingerprint density at radius 3 is 2.69 bits per heavy atom. The van der Waals surface area contributed by atoms with Crippen molar-refractivity contribution in [3.05, 3.63) is 11.1 Å². The lowest BCUT2D eigenvalue weighted by molar-refractivity contribution is -0.117. The van der Waals surface area contributed by atoms with Crippen molar-refractivity contribution in [2.75, 3.05) is 6.54 Å². The first-order valence-corrected chi connectivity index (χ1v) is 4.76. The maximum atomic E-state index is 11.8. The Bertz CT molecular complexity index is 334. The maximum Gasteiger partial charge on any atom is 0.165 e. The van der Waals surface area contributed by atoms with Crippen LogP contribution in [0, 0.1) is 5.41 Å². The van der Waals surface area contributed by atoms with Crippen LogP contribution in [-0.2, 0) is 4.79 Å². The molecule has 13 heavy (non-hydrogen) atoms. The summed E-state index contributed by atoms with van der Waals surface area (Å²) in [5.41, 5.74) is 3.31. The number of hydrogen-bond acceptors (Lipinski definition) is 2. The summed E-state index contributed by atoms with van der Waals surface area (Å²) < 4.78 is 0. The molecule has 2 heteroatoms. The summed E-state index contributed by atoms with van der Waals surface area (Å²) >= 11 is 0. The van der Waals surface area contributed by atoms with E-state index >= 15 is 0 Å². The van der Waals surface area contributed by atoms with E-state index in [-0.39, 0.29) is 5.41 Å². The van der Waals surface area contributed by atoms with Crippen LogP contribution >= 0.6 is 0 Å². The van der Waals surface area contributed by atoms with Crippen LogP contribution in [0.2, 0.25) is 0 Å². The maximum absolute atomic E-state index is 11.8. The first-order valence-electron chi connectivity index (χ1n) is 4.76. The Kier molecular flexibility index (Phi) is 1.69. The average molecular weight is 177 g/mol. The molecule has 0 aromatic heterocycles. The van der Waals surface area contributed by atoms with E-state index in [9.17, 15) is 4.79 Å². The number of aliphatic imine (C=N–C) groups is 1. The summed E-state index contributed by atoms with van der Waals surface area (Å²) in [5.74, 6) is 0.296. The zero-order chi connectivity index (χ0) is 9.64. The van der Waals surface area contributed by atoms with E-state index in [0.717, 1.165) is 24.3 Å². The molecule has 2 nitrogen and oxygen atoms in total. The number of nitrogens with zero attached hydrogens (tertiary/aromatic N) is 1. The summed E-state index contributed by atoms with van der Waals surface area (Å²) in [5, 5.41) is 0. The van der Waals surface area contributed by atoms with Crippen molar-refractivity contribution >= 4 is 11.5 Å². The third kappa shape index (κ3) is 1.34. The van der Waals surface area contributed by atoms with E-state index in [1.54, 1.807) is 0 Å². The van der Waals surface area contributed by atoms with Gasteiger partial charge in [-0.05, 0) is 24.3 Å². The number of rotatable bonds is 0. The van der Waals surface area contributed by atoms with Crippen molar-refractivity contribution in [3.8, 4) is 0 Å². The van der Waals surface area contributed by atoms with Gasteiger partial charge in [0, 0.05) is 17.7 Å². The van der Waals surface area contributed by atoms with Gasteiger partial charge >= 0.3 is 0 Å². The Morgan fingerprint density at radius 2 is 2.00 bits per heavy atom. The number of carbonyl (C=O) groups excluding carboxylic acids is 1. The van der Waals surface area contributed by atoms with E-state index in [0.29, 0.717) is 12.2 Å². The molecule has 70 valence electrons. The number of carbonyl (C=O) groups is 1. The molecular formula is C11H15NO. The van der Waals surface area contributed by atoms with Gasteiger partial charge in [0.05, 0.1) is 6.54 Å². The van der Waals surface area contributed by atoms with Gasteiger partial charge in [-0.3, -0.25) is 9.79 Å². The van der Waals surface area contributed by atoms with Crippen molar-refractivity contribution in [3.63, 3.8) is 0 Å². The SMILES string of the molecule is CC1=NCC2=C1C(=O)CC(C)(C)C2. The predicted octanol–water partition coefficient (Wildman–Crippen LogP) is 2.15. The molecule has 0 atom stereocenters. The molecule has 0 spiro atoms. The fourth-order valence-electron chi connectivity index (χ4n) is 2.33.